The first kappa shape index (κ1) is 21.6. The molecule has 0 N–H and O–H groups in total. The summed E-state index contributed by atoms with van der Waals surface area (Å²) in [5.74, 6) is 3.15. The lowest BCUT2D eigenvalue weighted by atomic mass is 10.2. The molecule has 0 unspecified atom stereocenters. The van der Waals surface area contributed by atoms with Gasteiger partial charge < -0.3 is 9.15 Å². The quantitative estimate of drug-likeness (QED) is 0.157. The lowest BCUT2D eigenvalue weighted by Gasteiger charge is -2.08. The molecule has 2 aromatic heterocycles. The SMILES string of the molecule is C#CCOc1ccc([N+](=O)[O-])cc1C=Nn1c(-c2cc3ccccc3o2)nc2ccccc2c1=O. The molecule has 0 aliphatic carbocycles. The molecular weight excluding hydrogens is 448 g/mol. The van der Waals surface area contributed by atoms with Crippen LogP contribution in [0.2, 0.25) is 0 Å². The number of hydrogen-bond donors (Lipinski definition) is 0. The van der Waals surface area contributed by atoms with Gasteiger partial charge in [-0.1, -0.05) is 36.3 Å². The second kappa shape index (κ2) is 8.96. The van der Waals surface area contributed by atoms with Gasteiger partial charge in [0.1, 0.15) is 17.9 Å². The van der Waals surface area contributed by atoms with Crippen LogP contribution in [-0.4, -0.2) is 27.4 Å². The van der Waals surface area contributed by atoms with Crippen molar-refractivity contribution in [3.05, 3.63) is 98.8 Å². The van der Waals surface area contributed by atoms with E-state index >= 15 is 0 Å². The number of non-ortho nitro benzene ring substituents is 1. The average Bonchev–Trinajstić information content (AvgIpc) is 3.31. The van der Waals surface area contributed by atoms with Crippen molar-refractivity contribution in [2.75, 3.05) is 6.61 Å². The molecule has 0 bridgehead atoms. The zero-order chi connectivity index (χ0) is 24.4. The van der Waals surface area contributed by atoms with Gasteiger partial charge in [0.05, 0.1) is 22.0 Å². The molecule has 2 heterocycles. The van der Waals surface area contributed by atoms with Crippen molar-refractivity contribution in [3.63, 3.8) is 0 Å². The first-order chi connectivity index (χ1) is 17.0. The summed E-state index contributed by atoms with van der Waals surface area (Å²) in [6.07, 6.45) is 6.57. The maximum Gasteiger partial charge on any atom is 0.282 e. The number of furan rings is 1. The molecule has 170 valence electrons. The van der Waals surface area contributed by atoms with Crippen molar-refractivity contribution in [1.29, 1.82) is 0 Å². The highest BCUT2D eigenvalue weighted by Crippen LogP contribution is 2.27. The van der Waals surface area contributed by atoms with Crippen LogP contribution in [0.3, 0.4) is 0 Å². The molecule has 0 fully saturated rings. The van der Waals surface area contributed by atoms with E-state index in [1.165, 1.54) is 24.4 Å². The van der Waals surface area contributed by atoms with Gasteiger partial charge >= 0.3 is 0 Å². The summed E-state index contributed by atoms with van der Waals surface area (Å²) in [5, 5.41) is 16.8. The van der Waals surface area contributed by atoms with Crippen LogP contribution in [0, 0.1) is 22.5 Å². The zero-order valence-corrected chi connectivity index (χ0v) is 18.1. The lowest BCUT2D eigenvalue weighted by molar-refractivity contribution is -0.384. The maximum absolute atomic E-state index is 13.4. The van der Waals surface area contributed by atoms with Crippen molar-refractivity contribution in [2.45, 2.75) is 0 Å². The number of terminal acetylenes is 1. The second-order valence-corrected chi connectivity index (χ2v) is 7.43. The number of hydrogen-bond acceptors (Lipinski definition) is 7. The Balaban J connectivity index is 1.71. The average molecular weight is 464 g/mol. The van der Waals surface area contributed by atoms with Crippen molar-refractivity contribution in [3.8, 4) is 29.7 Å². The summed E-state index contributed by atoms with van der Waals surface area (Å²) < 4.78 is 12.5. The highest BCUT2D eigenvalue weighted by Gasteiger charge is 2.17. The predicted molar refractivity (Wildman–Crippen MR) is 132 cm³/mol. The maximum atomic E-state index is 13.4. The largest absolute Gasteiger partial charge is 0.480 e. The van der Waals surface area contributed by atoms with Crippen LogP contribution >= 0.6 is 0 Å². The van der Waals surface area contributed by atoms with Crippen LogP contribution in [0.4, 0.5) is 5.69 Å². The lowest BCUT2D eigenvalue weighted by Crippen LogP contribution is -2.20. The zero-order valence-electron chi connectivity index (χ0n) is 18.1. The van der Waals surface area contributed by atoms with E-state index in [0.717, 1.165) is 10.1 Å². The predicted octanol–water partition coefficient (Wildman–Crippen LogP) is 4.61. The number of fused-ring (bicyclic) bond motifs is 2. The molecule has 0 radical (unpaired) electrons. The third kappa shape index (κ3) is 4.12. The Hall–Kier alpha value is -5.23. The number of benzene rings is 3. The monoisotopic (exact) mass is 464 g/mol. The smallest absolute Gasteiger partial charge is 0.282 e. The van der Waals surface area contributed by atoms with Crippen LogP contribution in [0.15, 0.2) is 87.1 Å². The van der Waals surface area contributed by atoms with Crippen LogP contribution in [0.5, 0.6) is 5.75 Å². The van der Waals surface area contributed by atoms with Crippen LogP contribution in [0.25, 0.3) is 33.5 Å². The Morgan fingerprint density at radius 2 is 1.94 bits per heavy atom. The Labute approximate surface area is 198 Å². The Bertz CT molecular complexity index is 1690. The highest BCUT2D eigenvalue weighted by molar-refractivity contribution is 5.86. The summed E-state index contributed by atoms with van der Waals surface area (Å²) in [5.41, 5.74) is 0.779. The van der Waals surface area contributed by atoms with Gasteiger partial charge in [-0.25, -0.2) is 4.98 Å². The van der Waals surface area contributed by atoms with E-state index in [0.29, 0.717) is 22.2 Å². The highest BCUT2D eigenvalue weighted by atomic mass is 16.6. The molecular formula is C26H16N4O5. The molecule has 9 nitrogen and oxygen atoms in total. The van der Waals surface area contributed by atoms with Crippen molar-refractivity contribution >= 4 is 33.8 Å². The number of nitro groups is 1. The van der Waals surface area contributed by atoms with E-state index in [-0.39, 0.29) is 29.4 Å². The number of nitro benzene ring substituents is 1. The molecule has 0 atom stereocenters. The van der Waals surface area contributed by atoms with E-state index in [1.807, 2.05) is 24.3 Å². The Morgan fingerprint density at radius 3 is 2.74 bits per heavy atom. The fourth-order valence-corrected chi connectivity index (χ4v) is 3.60. The molecule has 9 heteroatoms. The first-order valence-corrected chi connectivity index (χ1v) is 10.4. The van der Waals surface area contributed by atoms with Gasteiger partial charge in [0.15, 0.2) is 5.76 Å². The number of aromatic nitrogens is 2. The Morgan fingerprint density at radius 1 is 1.14 bits per heavy atom. The van der Waals surface area contributed by atoms with Gasteiger partial charge in [-0.3, -0.25) is 14.9 Å². The molecule has 0 aliphatic rings. The standard InChI is InChI=1S/C26H16N4O5/c1-2-13-34-22-12-11-19(30(32)33)14-18(22)16-27-29-25(24-15-17-7-3-6-10-23(17)35-24)28-21-9-5-4-8-20(21)26(29)31/h1,3-12,14-16H,13H2. The van der Waals surface area contributed by atoms with Crippen LogP contribution in [0.1, 0.15) is 5.56 Å². The topological polar surface area (TPSA) is 113 Å². The fourth-order valence-electron chi connectivity index (χ4n) is 3.60. The van der Waals surface area contributed by atoms with Gasteiger partial charge in [-0.05, 0) is 30.3 Å². The van der Waals surface area contributed by atoms with Crippen LogP contribution in [-0.2, 0) is 0 Å². The molecule has 5 aromatic rings. The van der Waals surface area contributed by atoms with E-state index in [1.54, 1.807) is 30.3 Å². The minimum absolute atomic E-state index is 0.0413. The van der Waals surface area contributed by atoms with Gasteiger partial charge in [-0.2, -0.15) is 9.78 Å². The molecule has 0 saturated carbocycles. The minimum atomic E-state index is -0.536. The molecule has 3 aromatic carbocycles. The molecule has 35 heavy (non-hydrogen) atoms. The number of para-hydroxylation sites is 2. The van der Waals surface area contributed by atoms with E-state index in [2.05, 4.69) is 16.0 Å². The summed E-state index contributed by atoms with van der Waals surface area (Å²) >= 11 is 0. The van der Waals surface area contributed by atoms with E-state index in [4.69, 9.17) is 15.6 Å². The van der Waals surface area contributed by atoms with E-state index < -0.39 is 10.5 Å². The van der Waals surface area contributed by atoms with Crippen molar-refractivity contribution in [1.82, 2.24) is 9.66 Å². The van der Waals surface area contributed by atoms with Gasteiger partial charge in [0.2, 0.25) is 5.82 Å². The minimum Gasteiger partial charge on any atom is -0.480 e. The summed E-state index contributed by atoms with van der Waals surface area (Å²) in [7, 11) is 0. The molecule has 0 spiro atoms. The van der Waals surface area contributed by atoms with Crippen LogP contribution < -0.4 is 10.3 Å². The third-order valence-electron chi connectivity index (χ3n) is 5.23. The summed E-state index contributed by atoms with van der Waals surface area (Å²) in [6, 6.07) is 20.1. The third-order valence-corrected chi connectivity index (χ3v) is 5.23. The number of rotatable bonds is 6. The first-order valence-electron chi connectivity index (χ1n) is 10.4. The number of nitrogens with zero attached hydrogens (tertiary/aromatic N) is 4. The molecule has 0 aliphatic heterocycles. The number of ether oxygens (including phenoxy) is 1. The van der Waals surface area contributed by atoms with Crippen molar-refractivity contribution < 1.29 is 14.1 Å². The van der Waals surface area contributed by atoms with Gasteiger partial charge in [0.25, 0.3) is 11.2 Å². The van der Waals surface area contributed by atoms with E-state index in [9.17, 15) is 14.9 Å². The summed E-state index contributed by atoms with van der Waals surface area (Å²) in [4.78, 5) is 28.8. The molecule has 5 rings (SSSR count). The fraction of sp³-hybridized carbons (Fsp3) is 0.0385. The Kier molecular flexibility index (Phi) is 5.53. The van der Waals surface area contributed by atoms with Gasteiger partial charge in [-0.15, -0.1) is 6.42 Å². The second-order valence-electron chi connectivity index (χ2n) is 7.43. The summed E-state index contributed by atoms with van der Waals surface area (Å²) in [6.45, 7) is -0.0413. The normalized spacial score (nSPS) is 11.2. The molecule has 0 amide bonds. The molecule has 0 saturated heterocycles. The van der Waals surface area contributed by atoms with Gasteiger partial charge in [0, 0.05) is 23.1 Å². The van der Waals surface area contributed by atoms with Crippen molar-refractivity contribution in [2.24, 2.45) is 5.10 Å².